The van der Waals surface area contributed by atoms with Crippen molar-refractivity contribution >= 4 is 22.8 Å². The van der Waals surface area contributed by atoms with Crippen LogP contribution in [-0.2, 0) is 20.9 Å². The maximum atomic E-state index is 13.2. The highest BCUT2D eigenvalue weighted by Crippen LogP contribution is 2.16. The van der Waals surface area contributed by atoms with Crippen molar-refractivity contribution < 1.29 is 18.7 Å². The fraction of sp³-hybridized carbons (Fsp3) is 0.231. The van der Waals surface area contributed by atoms with Gasteiger partial charge in [-0.2, -0.15) is 0 Å². The van der Waals surface area contributed by atoms with Crippen LogP contribution in [0.1, 0.15) is 0 Å². The molecule has 0 radical (unpaired) electrons. The maximum Gasteiger partial charge on any atom is 0.325 e. The van der Waals surface area contributed by atoms with Crippen LogP contribution in [0.4, 0.5) is 4.39 Å². The molecule has 2 aromatic rings. The minimum absolute atomic E-state index is 0.0178. The number of halogens is 1. The van der Waals surface area contributed by atoms with Crippen molar-refractivity contribution in [2.45, 2.75) is 6.54 Å². The summed E-state index contributed by atoms with van der Waals surface area (Å²) in [6, 6.07) is 6.17. The summed E-state index contributed by atoms with van der Waals surface area (Å²) in [6.45, 7) is -0.160. The third-order valence-electron chi connectivity index (χ3n) is 2.71. The average molecular weight is 264 g/mol. The summed E-state index contributed by atoms with van der Waals surface area (Å²) in [7, 11) is 1.25. The molecule has 1 aromatic heterocycles. The molecular weight excluding hydrogens is 251 g/mol. The van der Waals surface area contributed by atoms with E-state index in [1.54, 1.807) is 22.9 Å². The highest BCUT2D eigenvalue weighted by atomic mass is 19.1. The van der Waals surface area contributed by atoms with Crippen molar-refractivity contribution in [1.82, 2.24) is 9.88 Å². The van der Waals surface area contributed by atoms with Crippen LogP contribution in [0.25, 0.3) is 10.9 Å². The summed E-state index contributed by atoms with van der Waals surface area (Å²) in [5, 5.41) is 3.27. The molecule has 100 valence electrons. The summed E-state index contributed by atoms with van der Waals surface area (Å²) in [4.78, 5) is 22.5. The first kappa shape index (κ1) is 13.1. The van der Waals surface area contributed by atoms with Crippen LogP contribution < -0.4 is 5.32 Å². The molecule has 0 unspecified atom stereocenters. The zero-order valence-corrected chi connectivity index (χ0v) is 10.4. The zero-order chi connectivity index (χ0) is 13.8. The highest BCUT2D eigenvalue weighted by Gasteiger charge is 2.08. The Labute approximate surface area is 109 Å². The molecule has 0 aliphatic rings. The Morgan fingerprint density at radius 1 is 1.37 bits per heavy atom. The third-order valence-corrected chi connectivity index (χ3v) is 2.71. The first-order valence-corrected chi connectivity index (χ1v) is 5.68. The molecule has 0 aliphatic carbocycles. The van der Waals surface area contributed by atoms with Crippen LogP contribution in [0.5, 0.6) is 0 Å². The lowest BCUT2D eigenvalue weighted by Gasteiger charge is -2.06. The zero-order valence-electron chi connectivity index (χ0n) is 10.4. The van der Waals surface area contributed by atoms with Crippen molar-refractivity contribution in [3.63, 3.8) is 0 Å². The summed E-state index contributed by atoms with van der Waals surface area (Å²) >= 11 is 0. The molecule has 1 aromatic carbocycles. The number of aromatic nitrogens is 1. The van der Waals surface area contributed by atoms with E-state index in [1.807, 2.05) is 0 Å². The number of nitrogens with zero attached hydrogens (tertiary/aromatic N) is 1. The van der Waals surface area contributed by atoms with Gasteiger partial charge in [-0.05, 0) is 29.7 Å². The number of rotatable bonds is 4. The Bertz CT molecular complexity index is 621. The highest BCUT2D eigenvalue weighted by molar-refractivity contribution is 5.85. The van der Waals surface area contributed by atoms with Gasteiger partial charge in [-0.3, -0.25) is 9.59 Å². The molecule has 2 rings (SSSR count). The predicted molar refractivity (Wildman–Crippen MR) is 66.9 cm³/mol. The van der Waals surface area contributed by atoms with Crippen molar-refractivity contribution in [2.75, 3.05) is 13.7 Å². The van der Waals surface area contributed by atoms with Crippen molar-refractivity contribution in [3.8, 4) is 0 Å². The Hall–Kier alpha value is -2.37. The van der Waals surface area contributed by atoms with E-state index in [9.17, 15) is 14.0 Å². The molecule has 0 saturated heterocycles. The molecular formula is C13H13FN2O3. The lowest BCUT2D eigenvalue weighted by Crippen LogP contribution is -2.32. The normalized spacial score (nSPS) is 10.4. The van der Waals surface area contributed by atoms with E-state index in [-0.39, 0.29) is 24.8 Å². The molecule has 1 amide bonds. The van der Waals surface area contributed by atoms with Gasteiger partial charge in [0.2, 0.25) is 5.91 Å². The number of ether oxygens (including phenoxy) is 1. The minimum Gasteiger partial charge on any atom is -0.468 e. The second-order valence-corrected chi connectivity index (χ2v) is 4.00. The number of hydrogen-bond donors (Lipinski definition) is 1. The molecule has 5 nitrogen and oxygen atoms in total. The molecule has 0 aliphatic heterocycles. The summed E-state index contributed by atoms with van der Waals surface area (Å²) in [5.74, 6) is -1.22. The molecule has 0 saturated carbocycles. The number of esters is 1. The molecule has 0 spiro atoms. The molecule has 1 heterocycles. The Morgan fingerprint density at radius 3 is 2.89 bits per heavy atom. The van der Waals surface area contributed by atoms with Gasteiger partial charge in [0.15, 0.2) is 0 Å². The first-order chi connectivity index (χ1) is 9.10. The number of amides is 1. The minimum atomic E-state index is -0.517. The number of fused-ring (bicyclic) bond motifs is 1. The van der Waals surface area contributed by atoms with Gasteiger partial charge in [-0.15, -0.1) is 0 Å². The monoisotopic (exact) mass is 264 g/mol. The summed E-state index contributed by atoms with van der Waals surface area (Å²) in [6.07, 6.45) is 1.70. The van der Waals surface area contributed by atoms with Gasteiger partial charge in [0.05, 0.1) is 12.6 Å². The number of carbonyl (C=O) groups excluding carboxylic acids is 2. The number of hydrogen-bond acceptors (Lipinski definition) is 3. The van der Waals surface area contributed by atoms with Crippen LogP contribution in [0.15, 0.2) is 30.5 Å². The predicted octanol–water partition coefficient (Wildman–Crippen LogP) is 1.07. The van der Waals surface area contributed by atoms with Gasteiger partial charge in [0.1, 0.15) is 18.9 Å². The standard InChI is InChI=1S/C13H13FN2O3/c1-19-13(18)7-15-12(17)8-16-5-4-9-2-3-10(14)6-11(9)16/h2-6H,7-8H2,1H3,(H,15,17). The summed E-state index contributed by atoms with van der Waals surface area (Å²) in [5.41, 5.74) is 0.633. The molecule has 0 bridgehead atoms. The van der Waals surface area contributed by atoms with E-state index < -0.39 is 5.97 Å². The fourth-order valence-electron chi connectivity index (χ4n) is 1.75. The lowest BCUT2D eigenvalue weighted by molar-refractivity contribution is -0.141. The van der Waals surface area contributed by atoms with Crippen LogP contribution in [0.3, 0.4) is 0 Å². The molecule has 1 N–H and O–H groups in total. The van der Waals surface area contributed by atoms with E-state index in [1.165, 1.54) is 19.2 Å². The first-order valence-electron chi connectivity index (χ1n) is 5.68. The number of nitrogens with one attached hydrogen (secondary N) is 1. The Kier molecular flexibility index (Phi) is 3.79. The smallest absolute Gasteiger partial charge is 0.325 e. The van der Waals surface area contributed by atoms with Gasteiger partial charge < -0.3 is 14.6 Å². The molecule has 19 heavy (non-hydrogen) atoms. The van der Waals surface area contributed by atoms with Crippen molar-refractivity contribution in [3.05, 3.63) is 36.3 Å². The molecule has 6 heteroatoms. The summed E-state index contributed by atoms with van der Waals surface area (Å²) < 4.78 is 19.2. The van der Waals surface area contributed by atoms with Crippen molar-refractivity contribution in [2.24, 2.45) is 0 Å². The third kappa shape index (κ3) is 3.09. The molecule has 0 fully saturated rings. The van der Waals surface area contributed by atoms with Crippen LogP contribution in [0, 0.1) is 5.82 Å². The Morgan fingerprint density at radius 2 is 2.16 bits per heavy atom. The van der Waals surface area contributed by atoms with Gasteiger partial charge >= 0.3 is 5.97 Å². The Balaban J connectivity index is 2.07. The largest absolute Gasteiger partial charge is 0.468 e. The SMILES string of the molecule is COC(=O)CNC(=O)Cn1ccc2ccc(F)cc21. The fourth-order valence-corrected chi connectivity index (χ4v) is 1.75. The van der Waals surface area contributed by atoms with Gasteiger partial charge in [-0.25, -0.2) is 4.39 Å². The number of carbonyl (C=O) groups is 2. The number of methoxy groups -OCH3 is 1. The van der Waals surface area contributed by atoms with Crippen LogP contribution in [-0.4, -0.2) is 30.1 Å². The maximum absolute atomic E-state index is 13.2. The van der Waals surface area contributed by atoms with Gasteiger partial charge in [0, 0.05) is 6.20 Å². The van der Waals surface area contributed by atoms with E-state index in [4.69, 9.17) is 0 Å². The second-order valence-electron chi connectivity index (χ2n) is 4.00. The van der Waals surface area contributed by atoms with Gasteiger partial charge in [0.25, 0.3) is 0 Å². The second kappa shape index (κ2) is 5.51. The topological polar surface area (TPSA) is 60.3 Å². The number of benzene rings is 1. The van der Waals surface area contributed by atoms with E-state index >= 15 is 0 Å². The van der Waals surface area contributed by atoms with E-state index in [0.29, 0.717) is 5.52 Å². The van der Waals surface area contributed by atoms with Crippen LogP contribution in [0.2, 0.25) is 0 Å². The van der Waals surface area contributed by atoms with Crippen LogP contribution >= 0.6 is 0 Å². The quantitative estimate of drug-likeness (QED) is 0.840. The average Bonchev–Trinajstić information content (AvgIpc) is 2.78. The van der Waals surface area contributed by atoms with E-state index in [2.05, 4.69) is 10.1 Å². The van der Waals surface area contributed by atoms with Gasteiger partial charge in [-0.1, -0.05) is 0 Å². The van der Waals surface area contributed by atoms with Crippen molar-refractivity contribution in [1.29, 1.82) is 0 Å². The lowest BCUT2D eigenvalue weighted by atomic mass is 10.2. The molecule has 0 atom stereocenters. The van der Waals surface area contributed by atoms with E-state index in [0.717, 1.165) is 5.39 Å².